The van der Waals surface area contributed by atoms with Crippen LogP contribution in [0, 0.1) is 11.6 Å². The molecule has 10 heteroatoms. The van der Waals surface area contributed by atoms with E-state index in [0.29, 0.717) is 11.8 Å². The van der Waals surface area contributed by atoms with Crippen LogP contribution in [0.5, 0.6) is 0 Å². The predicted molar refractivity (Wildman–Crippen MR) is 115 cm³/mol. The minimum absolute atomic E-state index is 0.154. The lowest BCUT2D eigenvalue weighted by Crippen LogP contribution is -2.33. The molecule has 0 aliphatic carbocycles. The summed E-state index contributed by atoms with van der Waals surface area (Å²) < 4.78 is 53.2. The first-order valence-electron chi connectivity index (χ1n) is 9.41. The Kier molecular flexibility index (Phi) is 7.16. The third-order valence-electron chi connectivity index (χ3n) is 4.28. The number of hydrogen-bond acceptors (Lipinski definition) is 4. The number of nitrogens with one attached hydrogen (secondary N) is 3. The number of carbonyl (C=O) groups excluding carboxylic acids is 2. The lowest BCUT2D eigenvalue weighted by Gasteiger charge is -2.10. The molecule has 0 aliphatic heterocycles. The van der Waals surface area contributed by atoms with Gasteiger partial charge in [-0.05, 0) is 48.0 Å². The molecular formula is C22H19F2N3O4S. The van der Waals surface area contributed by atoms with Gasteiger partial charge in [0.15, 0.2) is 11.6 Å². The fourth-order valence-corrected chi connectivity index (χ4v) is 3.78. The number of carbonyl (C=O) groups is 2. The van der Waals surface area contributed by atoms with Gasteiger partial charge in [0.1, 0.15) is 0 Å². The van der Waals surface area contributed by atoms with Gasteiger partial charge in [0, 0.05) is 11.4 Å². The van der Waals surface area contributed by atoms with Gasteiger partial charge < -0.3 is 10.6 Å². The zero-order valence-corrected chi connectivity index (χ0v) is 17.5. The van der Waals surface area contributed by atoms with Crippen molar-refractivity contribution in [2.75, 3.05) is 16.6 Å². The summed E-state index contributed by atoms with van der Waals surface area (Å²) >= 11 is 0. The molecular weight excluding hydrogens is 440 g/mol. The quantitative estimate of drug-likeness (QED) is 0.482. The molecule has 0 fully saturated rings. The van der Waals surface area contributed by atoms with E-state index in [1.165, 1.54) is 24.3 Å². The first kappa shape index (κ1) is 22.9. The summed E-state index contributed by atoms with van der Waals surface area (Å²) in [6.07, 6.45) is 0.154. The maximum absolute atomic E-state index is 13.3. The zero-order chi connectivity index (χ0) is 23.1. The Bertz CT molecular complexity index is 1220. The molecule has 2 amide bonds. The highest BCUT2D eigenvalue weighted by Gasteiger charge is 2.17. The molecule has 0 heterocycles. The van der Waals surface area contributed by atoms with Gasteiger partial charge in [-0.15, -0.1) is 0 Å². The van der Waals surface area contributed by atoms with Crippen LogP contribution in [-0.4, -0.2) is 26.8 Å². The van der Waals surface area contributed by atoms with Crippen molar-refractivity contribution in [2.45, 2.75) is 11.3 Å². The van der Waals surface area contributed by atoms with Gasteiger partial charge in [-0.2, -0.15) is 0 Å². The van der Waals surface area contributed by atoms with Crippen LogP contribution in [0.1, 0.15) is 5.56 Å². The largest absolute Gasteiger partial charge is 0.347 e. The van der Waals surface area contributed by atoms with Gasteiger partial charge in [-0.25, -0.2) is 17.2 Å². The Morgan fingerprint density at radius 2 is 1.44 bits per heavy atom. The molecule has 0 saturated carbocycles. The molecule has 32 heavy (non-hydrogen) atoms. The van der Waals surface area contributed by atoms with E-state index in [1.807, 2.05) is 30.3 Å². The van der Waals surface area contributed by atoms with Crippen molar-refractivity contribution in [1.29, 1.82) is 0 Å². The zero-order valence-electron chi connectivity index (χ0n) is 16.6. The molecule has 3 aromatic carbocycles. The smallest absolute Gasteiger partial charge is 0.261 e. The Balaban J connectivity index is 1.52. The number of sulfonamides is 1. The molecule has 166 valence electrons. The molecule has 3 rings (SSSR count). The van der Waals surface area contributed by atoms with Crippen molar-refractivity contribution in [3.05, 3.63) is 90.0 Å². The average molecular weight is 459 g/mol. The van der Waals surface area contributed by atoms with E-state index < -0.39 is 32.5 Å². The van der Waals surface area contributed by atoms with Gasteiger partial charge in [-0.1, -0.05) is 30.3 Å². The van der Waals surface area contributed by atoms with Crippen LogP contribution in [0.25, 0.3) is 0 Å². The molecule has 3 N–H and O–H groups in total. The molecule has 0 aromatic heterocycles. The number of halogens is 2. The van der Waals surface area contributed by atoms with Crippen molar-refractivity contribution >= 4 is 33.2 Å². The van der Waals surface area contributed by atoms with Crippen LogP contribution in [-0.2, 0) is 26.0 Å². The summed E-state index contributed by atoms with van der Waals surface area (Å²) in [5.74, 6) is -3.18. The molecule has 0 spiro atoms. The Morgan fingerprint density at radius 3 is 2.09 bits per heavy atom. The fourth-order valence-electron chi connectivity index (χ4n) is 2.71. The maximum atomic E-state index is 13.3. The second-order valence-electron chi connectivity index (χ2n) is 6.75. The van der Waals surface area contributed by atoms with E-state index in [4.69, 9.17) is 0 Å². The van der Waals surface area contributed by atoms with Crippen LogP contribution >= 0.6 is 0 Å². The molecule has 0 aliphatic rings. The van der Waals surface area contributed by atoms with Gasteiger partial charge in [0.05, 0.1) is 17.9 Å². The Labute approximate surface area is 183 Å². The minimum Gasteiger partial charge on any atom is -0.347 e. The molecule has 0 saturated heterocycles. The van der Waals surface area contributed by atoms with Gasteiger partial charge in [0.25, 0.3) is 10.0 Å². The van der Waals surface area contributed by atoms with E-state index in [9.17, 15) is 26.8 Å². The number of rotatable bonds is 8. The molecule has 0 bridgehead atoms. The van der Waals surface area contributed by atoms with Gasteiger partial charge >= 0.3 is 0 Å². The first-order chi connectivity index (χ1) is 15.2. The lowest BCUT2D eigenvalue weighted by molar-refractivity contribution is -0.123. The first-order valence-corrected chi connectivity index (χ1v) is 10.9. The van der Waals surface area contributed by atoms with E-state index in [2.05, 4.69) is 15.4 Å². The molecule has 0 unspecified atom stereocenters. The second-order valence-corrected chi connectivity index (χ2v) is 8.43. The summed E-state index contributed by atoms with van der Waals surface area (Å²) in [6, 6.07) is 17.0. The lowest BCUT2D eigenvalue weighted by atomic mass is 10.1. The second kappa shape index (κ2) is 10.0. The summed E-state index contributed by atoms with van der Waals surface area (Å²) in [5.41, 5.74) is 1.36. The standard InChI is InChI=1S/C22H19F2N3O4S/c23-19-11-10-18(13-20(19)24)32(30,31)27-17-8-6-16(7-9-17)26-22(29)14-25-21(28)12-15-4-2-1-3-5-15/h1-11,13,27H,12,14H2,(H,25,28)(H,26,29). The molecule has 7 nitrogen and oxygen atoms in total. The van der Waals surface area contributed by atoms with Crippen LogP contribution in [0.15, 0.2) is 77.7 Å². The van der Waals surface area contributed by atoms with Crippen molar-refractivity contribution in [3.8, 4) is 0 Å². The highest BCUT2D eigenvalue weighted by molar-refractivity contribution is 7.92. The van der Waals surface area contributed by atoms with E-state index in [0.717, 1.165) is 17.7 Å². The number of hydrogen-bond donors (Lipinski definition) is 3. The van der Waals surface area contributed by atoms with Crippen LogP contribution in [0.3, 0.4) is 0 Å². The van der Waals surface area contributed by atoms with Gasteiger partial charge in [-0.3, -0.25) is 14.3 Å². The SMILES string of the molecule is O=C(Cc1ccccc1)NCC(=O)Nc1ccc(NS(=O)(=O)c2ccc(F)c(F)c2)cc1. The van der Waals surface area contributed by atoms with Crippen LogP contribution < -0.4 is 15.4 Å². The number of benzene rings is 3. The molecule has 0 radical (unpaired) electrons. The van der Waals surface area contributed by atoms with Crippen molar-refractivity contribution in [1.82, 2.24) is 5.32 Å². The molecule has 3 aromatic rings. The van der Waals surface area contributed by atoms with Crippen molar-refractivity contribution < 1.29 is 26.8 Å². The number of anilines is 2. The third kappa shape index (κ3) is 6.35. The summed E-state index contributed by atoms with van der Waals surface area (Å²) in [4.78, 5) is 23.5. The van der Waals surface area contributed by atoms with E-state index in [1.54, 1.807) is 0 Å². The molecule has 0 atom stereocenters. The Morgan fingerprint density at radius 1 is 0.781 bits per heavy atom. The van der Waals surface area contributed by atoms with Crippen LogP contribution in [0.2, 0.25) is 0 Å². The van der Waals surface area contributed by atoms with Gasteiger partial charge in [0.2, 0.25) is 11.8 Å². The topological polar surface area (TPSA) is 104 Å². The summed E-state index contributed by atoms with van der Waals surface area (Å²) in [5, 5.41) is 5.09. The highest BCUT2D eigenvalue weighted by Crippen LogP contribution is 2.20. The monoisotopic (exact) mass is 459 g/mol. The Hall–Kier alpha value is -3.79. The average Bonchev–Trinajstić information content (AvgIpc) is 2.76. The van der Waals surface area contributed by atoms with Crippen LogP contribution in [0.4, 0.5) is 20.2 Å². The normalized spacial score (nSPS) is 10.9. The third-order valence-corrected chi connectivity index (χ3v) is 5.65. The van der Waals surface area contributed by atoms with Crippen molar-refractivity contribution in [2.24, 2.45) is 0 Å². The van der Waals surface area contributed by atoms with E-state index >= 15 is 0 Å². The minimum atomic E-state index is -4.12. The summed E-state index contributed by atoms with van der Waals surface area (Å²) in [7, 11) is -4.12. The number of amides is 2. The maximum Gasteiger partial charge on any atom is 0.261 e. The highest BCUT2D eigenvalue weighted by atomic mass is 32.2. The fraction of sp³-hybridized carbons (Fsp3) is 0.0909. The van der Waals surface area contributed by atoms with Crippen molar-refractivity contribution in [3.63, 3.8) is 0 Å². The van der Waals surface area contributed by atoms with E-state index in [-0.39, 0.29) is 24.6 Å². The summed E-state index contributed by atoms with van der Waals surface area (Å²) in [6.45, 7) is -0.226. The predicted octanol–water partition coefficient (Wildman–Crippen LogP) is 3.06.